The molecule has 2 rings (SSSR count). The summed E-state index contributed by atoms with van der Waals surface area (Å²) in [6, 6.07) is 12.5. The molecule has 1 atom stereocenters. The molecule has 0 aliphatic rings. The summed E-state index contributed by atoms with van der Waals surface area (Å²) in [6.45, 7) is 4.11. The highest BCUT2D eigenvalue weighted by atomic mass is 14.7. The highest BCUT2D eigenvalue weighted by Gasteiger charge is 2.08. The maximum Gasteiger partial charge on any atom is 0.0375 e. The smallest absolute Gasteiger partial charge is 0.0375 e. The lowest BCUT2D eigenvalue weighted by atomic mass is 9.97. The molecular weight excluding hydrogens is 208 g/mol. The number of aryl methyl sites for hydroxylation is 2. The van der Waals surface area contributed by atoms with Crippen molar-refractivity contribution in [1.29, 1.82) is 0 Å². The third kappa shape index (κ3) is 2.92. The topological polar surface area (TPSA) is 38.9 Å². The van der Waals surface area contributed by atoms with Crippen molar-refractivity contribution in [3.8, 4) is 0 Å². The Morgan fingerprint density at radius 3 is 2.65 bits per heavy atom. The van der Waals surface area contributed by atoms with Crippen molar-refractivity contribution in [1.82, 2.24) is 4.98 Å². The van der Waals surface area contributed by atoms with Gasteiger partial charge in [0, 0.05) is 17.9 Å². The second-order valence-electron chi connectivity index (χ2n) is 4.47. The maximum atomic E-state index is 6.24. The Morgan fingerprint density at radius 1 is 1.18 bits per heavy atom. The Kier molecular flexibility index (Phi) is 3.55. The summed E-state index contributed by atoms with van der Waals surface area (Å²) in [5, 5.41) is 0. The van der Waals surface area contributed by atoms with E-state index in [1.807, 2.05) is 19.2 Å². The molecule has 0 aliphatic heterocycles. The Bertz CT molecular complexity index is 506. The summed E-state index contributed by atoms with van der Waals surface area (Å²) in [5.41, 5.74) is 11.0. The molecule has 0 saturated carbocycles. The average Bonchev–Trinajstić information content (AvgIpc) is 2.32. The summed E-state index contributed by atoms with van der Waals surface area (Å²) in [4.78, 5) is 4.19. The molecule has 2 aromatic rings. The van der Waals surface area contributed by atoms with Crippen molar-refractivity contribution >= 4 is 0 Å². The standard InChI is InChI=1S/C15H18N2/c1-11-5-3-4-6-13(11)10-15(16)14-7-8-17-12(2)9-14/h3-9,15H,10,16H2,1-2H3. The molecule has 2 nitrogen and oxygen atoms in total. The predicted octanol–water partition coefficient (Wildman–Crippen LogP) is 2.94. The van der Waals surface area contributed by atoms with Crippen molar-refractivity contribution in [2.45, 2.75) is 26.3 Å². The molecule has 0 radical (unpaired) electrons. The number of nitrogens with zero attached hydrogens (tertiary/aromatic N) is 1. The van der Waals surface area contributed by atoms with Crippen LogP contribution < -0.4 is 5.73 Å². The second-order valence-corrected chi connectivity index (χ2v) is 4.47. The van der Waals surface area contributed by atoms with E-state index in [2.05, 4.69) is 42.2 Å². The first kappa shape index (κ1) is 11.8. The van der Waals surface area contributed by atoms with E-state index in [-0.39, 0.29) is 6.04 Å². The minimum absolute atomic E-state index is 0.0396. The highest BCUT2D eigenvalue weighted by molar-refractivity contribution is 5.29. The molecule has 1 unspecified atom stereocenters. The largest absolute Gasteiger partial charge is 0.324 e. The van der Waals surface area contributed by atoms with Crippen LogP contribution in [0.25, 0.3) is 0 Å². The second kappa shape index (κ2) is 5.11. The van der Waals surface area contributed by atoms with Crippen LogP contribution in [0.4, 0.5) is 0 Å². The Morgan fingerprint density at radius 2 is 1.94 bits per heavy atom. The lowest BCUT2D eigenvalue weighted by molar-refractivity contribution is 0.716. The fourth-order valence-electron chi connectivity index (χ4n) is 1.99. The summed E-state index contributed by atoms with van der Waals surface area (Å²) in [7, 11) is 0. The van der Waals surface area contributed by atoms with E-state index < -0.39 is 0 Å². The summed E-state index contributed by atoms with van der Waals surface area (Å²) >= 11 is 0. The minimum Gasteiger partial charge on any atom is -0.324 e. The average molecular weight is 226 g/mol. The molecule has 0 amide bonds. The van der Waals surface area contributed by atoms with Crippen LogP contribution in [-0.4, -0.2) is 4.98 Å². The van der Waals surface area contributed by atoms with Crippen molar-refractivity contribution in [2.24, 2.45) is 5.73 Å². The number of rotatable bonds is 3. The minimum atomic E-state index is 0.0396. The van der Waals surface area contributed by atoms with E-state index >= 15 is 0 Å². The number of pyridine rings is 1. The van der Waals surface area contributed by atoms with E-state index in [0.29, 0.717) is 0 Å². The molecule has 2 N–H and O–H groups in total. The zero-order valence-electron chi connectivity index (χ0n) is 10.4. The number of aromatic nitrogens is 1. The van der Waals surface area contributed by atoms with Gasteiger partial charge < -0.3 is 5.73 Å². The maximum absolute atomic E-state index is 6.24. The lowest BCUT2D eigenvalue weighted by Gasteiger charge is -2.14. The molecule has 17 heavy (non-hydrogen) atoms. The Balaban J connectivity index is 2.17. The number of benzene rings is 1. The molecule has 1 heterocycles. The molecule has 0 aliphatic carbocycles. The third-order valence-electron chi connectivity index (χ3n) is 3.05. The van der Waals surface area contributed by atoms with Gasteiger partial charge >= 0.3 is 0 Å². The van der Waals surface area contributed by atoms with Gasteiger partial charge in [0.15, 0.2) is 0 Å². The number of hydrogen-bond acceptors (Lipinski definition) is 2. The normalized spacial score (nSPS) is 12.4. The quantitative estimate of drug-likeness (QED) is 0.874. The Labute approximate surface area is 103 Å². The van der Waals surface area contributed by atoms with Crippen LogP contribution in [0.1, 0.15) is 28.4 Å². The van der Waals surface area contributed by atoms with Gasteiger partial charge in [0.05, 0.1) is 0 Å². The van der Waals surface area contributed by atoms with E-state index in [0.717, 1.165) is 17.7 Å². The van der Waals surface area contributed by atoms with Crippen molar-refractivity contribution < 1.29 is 0 Å². The van der Waals surface area contributed by atoms with E-state index in [9.17, 15) is 0 Å². The third-order valence-corrected chi connectivity index (χ3v) is 3.05. The summed E-state index contributed by atoms with van der Waals surface area (Å²) in [5.74, 6) is 0. The van der Waals surface area contributed by atoms with E-state index in [1.54, 1.807) is 0 Å². The summed E-state index contributed by atoms with van der Waals surface area (Å²) < 4.78 is 0. The van der Waals surface area contributed by atoms with Crippen molar-refractivity contribution in [3.63, 3.8) is 0 Å². The number of nitrogens with two attached hydrogens (primary N) is 1. The van der Waals surface area contributed by atoms with Crippen molar-refractivity contribution in [3.05, 3.63) is 65.0 Å². The van der Waals surface area contributed by atoms with Gasteiger partial charge in [-0.2, -0.15) is 0 Å². The van der Waals surface area contributed by atoms with Gasteiger partial charge in [-0.25, -0.2) is 0 Å². The monoisotopic (exact) mass is 226 g/mol. The predicted molar refractivity (Wildman–Crippen MR) is 70.8 cm³/mol. The van der Waals surface area contributed by atoms with Gasteiger partial charge in [-0.3, -0.25) is 4.98 Å². The number of hydrogen-bond donors (Lipinski definition) is 1. The molecule has 0 bridgehead atoms. The lowest BCUT2D eigenvalue weighted by Crippen LogP contribution is -2.14. The zero-order valence-corrected chi connectivity index (χ0v) is 10.4. The van der Waals surface area contributed by atoms with Gasteiger partial charge in [-0.05, 0) is 49.1 Å². The van der Waals surface area contributed by atoms with Crippen molar-refractivity contribution in [2.75, 3.05) is 0 Å². The highest BCUT2D eigenvalue weighted by Crippen LogP contribution is 2.18. The first-order valence-electron chi connectivity index (χ1n) is 5.89. The first-order valence-corrected chi connectivity index (χ1v) is 5.89. The van der Waals surface area contributed by atoms with Gasteiger partial charge in [0.2, 0.25) is 0 Å². The SMILES string of the molecule is Cc1cc(C(N)Cc2ccccc2C)ccn1. The molecule has 88 valence electrons. The molecular formula is C15H18N2. The molecule has 0 saturated heterocycles. The molecule has 1 aromatic heterocycles. The molecule has 0 fully saturated rings. The van der Waals surface area contributed by atoms with Gasteiger partial charge in [-0.15, -0.1) is 0 Å². The molecule has 1 aromatic carbocycles. The van der Waals surface area contributed by atoms with Crippen LogP contribution in [0.3, 0.4) is 0 Å². The molecule has 0 spiro atoms. The van der Waals surface area contributed by atoms with Crippen LogP contribution in [0.15, 0.2) is 42.6 Å². The van der Waals surface area contributed by atoms with E-state index in [4.69, 9.17) is 5.73 Å². The van der Waals surface area contributed by atoms with Crippen LogP contribution >= 0.6 is 0 Å². The van der Waals surface area contributed by atoms with E-state index in [1.165, 1.54) is 11.1 Å². The summed E-state index contributed by atoms with van der Waals surface area (Å²) in [6.07, 6.45) is 2.69. The first-order chi connectivity index (χ1) is 8.16. The van der Waals surface area contributed by atoms with Gasteiger partial charge in [0.25, 0.3) is 0 Å². The molecule has 2 heteroatoms. The van der Waals surface area contributed by atoms with Gasteiger partial charge in [-0.1, -0.05) is 24.3 Å². The van der Waals surface area contributed by atoms with Crippen LogP contribution in [0.2, 0.25) is 0 Å². The zero-order chi connectivity index (χ0) is 12.3. The fourth-order valence-corrected chi connectivity index (χ4v) is 1.99. The Hall–Kier alpha value is -1.67. The van der Waals surface area contributed by atoms with Gasteiger partial charge in [0.1, 0.15) is 0 Å². The van der Waals surface area contributed by atoms with Crippen LogP contribution in [0, 0.1) is 13.8 Å². The fraction of sp³-hybridized carbons (Fsp3) is 0.267. The van der Waals surface area contributed by atoms with Crippen LogP contribution in [-0.2, 0) is 6.42 Å². The van der Waals surface area contributed by atoms with Crippen LogP contribution in [0.5, 0.6) is 0 Å².